The van der Waals surface area contributed by atoms with Gasteiger partial charge in [0.15, 0.2) is 0 Å². The molecule has 4 nitrogen and oxygen atoms in total. The molecule has 0 aromatic carbocycles. The van der Waals surface area contributed by atoms with Crippen LogP contribution in [0.4, 0.5) is 0 Å². The normalized spacial score (nSPS) is 29.3. The molecule has 0 N–H and O–H groups in total. The molecular weight excluding hydrogens is 224 g/mol. The van der Waals surface area contributed by atoms with Crippen LogP contribution in [0.2, 0.25) is 0 Å². The lowest BCUT2D eigenvalue weighted by atomic mass is 10.1. The van der Waals surface area contributed by atoms with Gasteiger partial charge in [0, 0.05) is 32.2 Å². The summed E-state index contributed by atoms with van der Waals surface area (Å²) in [6, 6.07) is 0.516. The van der Waals surface area contributed by atoms with Gasteiger partial charge in [-0.25, -0.2) is 8.42 Å². The van der Waals surface area contributed by atoms with Crippen molar-refractivity contribution in [2.75, 3.05) is 44.2 Å². The molecule has 2 aliphatic heterocycles. The number of hydrogen-bond donors (Lipinski definition) is 0. The number of nitrogens with zero attached hydrogens (tertiary/aromatic N) is 2. The third kappa shape index (κ3) is 2.96. The van der Waals surface area contributed by atoms with Gasteiger partial charge in [-0.15, -0.1) is 0 Å². The van der Waals surface area contributed by atoms with Crippen LogP contribution in [-0.2, 0) is 9.84 Å². The van der Waals surface area contributed by atoms with E-state index in [-0.39, 0.29) is 0 Å². The number of sulfone groups is 1. The van der Waals surface area contributed by atoms with Crippen molar-refractivity contribution in [1.29, 1.82) is 0 Å². The second-order valence-corrected chi connectivity index (χ2v) is 7.16. The van der Waals surface area contributed by atoms with Gasteiger partial charge in [-0.05, 0) is 19.4 Å². The highest BCUT2D eigenvalue weighted by atomic mass is 32.2. The van der Waals surface area contributed by atoms with E-state index in [2.05, 4.69) is 16.7 Å². The Bertz CT molecular complexity index is 307. The van der Waals surface area contributed by atoms with E-state index in [0.29, 0.717) is 17.5 Å². The molecule has 0 bridgehead atoms. The van der Waals surface area contributed by atoms with Crippen molar-refractivity contribution in [1.82, 2.24) is 9.80 Å². The first kappa shape index (κ1) is 12.3. The van der Waals surface area contributed by atoms with Crippen molar-refractivity contribution >= 4 is 9.84 Å². The molecule has 0 saturated carbocycles. The van der Waals surface area contributed by atoms with Crippen molar-refractivity contribution in [2.45, 2.75) is 25.8 Å². The van der Waals surface area contributed by atoms with Crippen molar-refractivity contribution in [2.24, 2.45) is 0 Å². The average Bonchev–Trinajstić information content (AvgIpc) is 2.29. The van der Waals surface area contributed by atoms with Gasteiger partial charge in [-0.2, -0.15) is 0 Å². The Kier molecular flexibility index (Phi) is 3.87. The Hall–Kier alpha value is -0.130. The zero-order valence-corrected chi connectivity index (χ0v) is 10.9. The molecule has 2 fully saturated rings. The van der Waals surface area contributed by atoms with Gasteiger partial charge < -0.3 is 4.90 Å². The van der Waals surface area contributed by atoms with E-state index < -0.39 is 9.84 Å². The molecule has 0 amide bonds. The summed E-state index contributed by atoms with van der Waals surface area (Å²) >= 11 is 0. The first-order chi connectivity index (χ1) is 7.61. The maximum atomic E-state index is 11.4. The molecule has 0 aromatic heterocycles. The van der Waals surface area contributed by atoms with Gasteiger partial charge in [0.1, 0.15) is 9.84 Å². The second kappa shape index (κ2) is 5.02. The van der Waals surface area contributed by atoms with E-state index in [1.807, 2.05) is 0 Å². The summed E-state index contributed by atoms with van der Waals surface area (Å²) in [4.78, 5) is 4.94. The van der Waals surface area contributed by atoms with Crippen LogP contribution in [0.25, 0.3) is 0 Å². The molecular formula is C11H22N2O2S. The fourth-order valence-electron chi connectivity index (χ4n) is 2.69. The summed E-state index contributed by atoms with van der Waals surface area (Å²) in [6.07, 6.45) is 1.68. The van der Waals surface area contributed by atoms with E-state index >= 15 is 0 Å². The zero-order valence-electron chi connectivity index (χ0n) is 10.1. The van der Waals surface area contributed by atoms with Gasteiger partial charge in [0.05, 0.1) is 11.5 Å². The van der Waals surface area contributed by atoms with Crippen LogP contribution < -0.4 is 0 Å². The van der Waals surface area contributed by atoms with E-state index in [0.717, 1.165) is 45.6 Å². The molecule has 5 heteroatoms. The quantitative estimate of drug-likeness (QED) is 0.698. The number of rotatable bonds is 2. The SMILES string of the molecule is CCN1CCN(C2CCS(=O)(=O)CC2)CC1. The van der Waals surface area contributed by atoms with Crippen LogP contribution in [0.5, 0.6) is 0 Å². The Morgan fingerprint density at radius 3 is 2.12 bits per heavy atom. The first-order valence-electron chi connectivity index (χ1n) is 6.27. The lowest BCUT2D eigenvalue weighted by molar-refractivity contribution is 0.0944. The molecule has 16 heavy (non-hydrogen) atoms. The van der Waals surface area contributed by atoms with Crippen molar-refractivity contribution in [3.63, 3.8) is 0 Å². The number of hydrogen-bond acceptors (Lipinski definition) is 4. The van der Waals surface area contributed by atoms with E-state index in [4.69, 9.17) is 0 Å². The van der Waals surface area contributed by atoms with Crippen LogP contribution in [0, 0.1) is 0 Å². The first-order valence-corrected chi connectivity index (χ1v) is 8.09. The highest BCUT2D eigenvalue weighted by molar-refractivity contribution is 7.91. The molecule has 2 saturated heterocycles. The molecule has 2 heterocycles. The third-order valence-corrected chi connectivity index (χ3v) is 5.61. The molecule has 0 spiro atoms. The number of piperazine rings is 1. The molecule has 0 atom stereocenters. The molecule has 0 aliphatic carbocycles. The van der Waals surface area contributed by atoms with Crippen LogP contribution in [0.15, 0.2) is 0 Å². The Morgan fingerprint density at radius 1 is 1.06 bits per heavy atom. The smallest absolute Gasteiger partial charge is 0.150 e. The summed E-state index contributed by atoms with van der Waals surface area (Å²) in [5, 5.41) is 0. The van der Waals surface area contributed by atoms with E-state index in [1.54, 1.807) is 0 Å². The second-order valence-electron chi connectivity index (χ2n) is 4.85. The molecule has 2 rings (SSSR count). The van der Waals surface area contributed by atoms with Gasteiger partial charge in [0.2, 0.25) is 0 Å². The van der Waals surface area contributed by atoms with Crippen LogP contribution in [0.1, 0.15) is 19.8 Å². The lowest BCUT2D eigenvalue weighted by Crippen LogP contribution is -2.51. The average molecular weight is 246 g/mol. The van der Waals surface area contributed by atoms with Crippen LogP contribution >= 0.6 is 0 Å². The summed E-state index contributed by atoms with van der Waals surface area (Å²) in [7, 11) is -2.71. The summed E-state index contributed by atoms with van der Waals surface area (Å²) < 4.78 is 22.7. The fourth-order valence-corrected chi connectivity index (χ4v) is 4.15. The van der Waals surface area contributed by atoms with Crippen molar-refractivity contribution < 1.29 is 8.42 Å². The Balaban J connectivity index is 1.82. The van der Waals surface area contributed by atoms with Gasteiger partial charge in [-0.1, -0.05) is 6.92 Å². The molecule has 0 unspecified atom stereocenters. The Morgan fingerprint density at radius 2 is 1.62 bits per heavy atom. The minimum absolute atomic E-state index is 0.395. The third-order valence-electron chi connectivity index (χ3n) is 3.89. The molecule has 0 radical (unpaired) electrons. The summed E-state index contributed by atoms with van der Waals surface area (Å²) in [5.41, 5.74) is 0. The monoisotopic (exact) mass is 246 g/mol. The van der Waals surface area contributed by atoms with Crippen LogP contribution in [-0.4, -0.2) is 68.5 Å². The standard InChI is InChI=1S/C11H22N2O2S/c1-2-12-5-7-13(8-6-12)11-3-9-16(14,15)10-4-11/h11H,2-10H2,1H3. The van der Waals surface area contributed by atoms with Crippen LogP contribution in [0.3, 0.4) is 0 Å². The molecule has 94 valence electrons. The highest BCUT2D eigenvalue weighted by Gasteiger charge is 2.29. The molecule has 0 aromatic rings. The van der Waals surface area contributed by atoms with Crippen molar-refractivity contribution in [3.8, 4) is 0 Å². The molecule has 2 aliphatic rings. The zero-order chi connectivity index (χ0) is 11.6. The topological polar surface area (TPSA) is 40.6 Å². The highest BCUT2D eigenvalue weighted by Crippen LogP contribution is 2.19. The van der Waals surface area contributed by atoms with Gasteiger partial charge >= 0.3 is 0 Å². The summed E-state index contributed by atoms with van der Waals surface area (Å²) in [5.74, 6) is 0.789. The predicted molar refractivity (Wildman–Crippen MR) is 65.4 cm³/mol. The lowest BCUT2D eigenvalue weighted by Gasteiger charge is -2.40. The fraction of sp³-hybridized carbons (Fsp3) is 1.00. The minimum Gasteiger partial charge on any atom is -0.301 e. The van der Waals surface area contributed by atoms with Gasteiger partial charge in [0.25, 0.3) is 0 Å². The minimum atomic E-state index is -2.71. The number of likely N-dealkylation sites (N-methyl/N-ethyl adjacent to an activating group) is 1. The van der Waals surface area contributed by atoms with E-state index in [1.165, 1.54) is 0 Å². The van der Waals surface area contributed by atoms with E-state index in [9.17, 15) is 8.42 Å². The largest absolute Gasteiger partial charge is 0.301 e. The Labute approximate surface area is 98.5 Å². The van der Waals surface area contributed by atoms with Gasteiger partial charge in [-0.3, -0.25) is 4.90 Å². The summed E-state index contributed by atoms with van der Waals surface area (Å²) in [6.45, 7) is 7.83. The van der Waals surface area contributed by atoms with Crippen molar-refractivity contribution in [3.05, 3.63) is 0 Å². The maximum absolute atomic E-state index is 11.4. The maximum Gasteiger partial charge on any atom is 0.150 e. The predicted octanol–water partition coefficient (Wildman–Crippen LogP) is 0.201.